The number of aliphatic carboxylic acids is 2. The summed E-state index contributed by atoms with van der Waals surface area (Å²) < 4.78 is 0. The van der Waals surface area contributed by atoms with Crippen molar-refractivity contribution in [2.24, 2.45) is 5.73 Å². The standard InChI is InChI=1S/C22H33N3O5/c1-24-14-6-5-10-17(23)19(26)22(21(29)30)13-7-15-25(22)18(20(27)28)12-11-16-8-3-2-4-9-16/h2-4,8-9,17-18,24H,5-7,10-15,23H2,1H3,(H,27,28)(H,29,30)/t17-,18?,22+/m0/s1. The van der Waals surface area contributed by atoms with E-state index in [-0.39, 0.29) is 19.4 Å². The quantitative estimate of drug-likeness (QED) is 0.278. The third kappa shape index (κ3) is 5.44. The van der Waals surface area contributed by atoms with Gasteiger partial charge in [-0.1, -0.05) is 36.8 Å². The summed E-state index contributed by atoms with van der Waals surface area (Å²) in [5.41, 5.74) is 5.19. The van der Waals surface area contributed by atoms with Gasteiger partial charge in [0.05, 0.1) is 6.04 Å². The highest BCUT2D eigenvalue weighted by molar-refractivity contribution is 6.10. The average molecular weight is 420 g/mol. The SMILES string of the molecule is CNCCCC[C@H](N)C(=O)[C@@]1(C(=O)O)CCCN1C(CCc1ccccc1)C(=O)O. The van der Waals surface area contributed by atoms with Gasteiger partial charge in [-0.25, -0.2) is 4.79 Å². The molecular weight excluding hydrogens is 386 g/mol. The van der Waals surface area contributed by atoms with Crippen LogP contribution in [-0.4, -0.2) is 70.6 Å². The van der Waals surface area contributed by atoms with E-state index in [0.29, 0.717) is 25.7 Å². The highest BCUT2D eigenvalue weighted by Crippen LogP contribution is 2.35. The first-order chi connectivity index (χ1) is 14.3. The topological polar surface area (TPSA) is 133 Å². The normalized spacial score (nSPS) is 21.3. The monoisotopic (exact) mass is 419 g/mol. The zero-order valence-electron chi connectivity index (χ0n) is 17.5. The first-order valence-corrected chi connectivity index (χ1v) is 10.6. The van der Waals surface area contributed by atoms with Crippen molar-refractivity contribution in [3.8, 4) is 0 Å². The number of nitrogens with two attached hydrogens (primary N) is 1. The molecule has 0 bridgehead atoms. The van der Waals surface area contributed by atoms with Crippen molar-refractivity contribution in [2.45, 2.75) is 62.6 Å². The maximum atomic E-state index is 13.2. The van der Waals surface area contributed by atoms with Crippen LogP contribution in [0, 0.1) is 0 Å². The highest BCUT2D eigenvalue weighted by Gasteiger charge is 2.57. The summed E-state index contributed by atoms with van der Waals surface area (Å²) in [4.78, 5) is 39.0. The molecule has 0 aromatic heterocycles. The summed E-state index contributed by atoms with van der Waals surface area (Å²) in [5, 5.41) is 22.9. The van der Waals surface area contributed by atoms with E-state index in [1.54, 1.807) is 0 Å². The number of aryl methyl sites for hydroxylation is 1. The maximum Gasteiger partial charge on any atom is 0.332 e. The number of rotatable bonds is 13. The molecule has 1 aromatic carbocycles. The summed E-state index contributed by atoms with van der Waals surface area (Å²) in [7, 11) is 1.84. The highest BCUT2D eigenvalue weighted by atomic mass is 16.4. The molecule has 8 nitrogen and oxygen atoms in total. The maximum absolute atomic E-state index is 13.2. The number of carboxylic acids is 2. The Morgan fingerprint density at radius 3 is 2.47 bits per heavy atom. The fraction of sp³-hybridized carbons (Fsp3) is 0.591. The van der Waals surface area contributed by atoms with Gasteiger partial charge in [0.25, 0.3) is 0 Å². The number of carboxylic acid groups (broad SMARTS) is 2. The largest absolute Gasteiger partial charge is 0.480 e. The van der Waals surface area contributed by atoms with Gasteiger partial charge in [0.1, 0.15) is 6.04 Å². The molecule has 1 heterocycles. The van der Waals surface area contributed by atoms with Gasteiger partial charge in [0.15, 0.2) is 11.3 Å². The average Bonchev–Trinajstić information content (AvgIpc) is 3.17. The van der Waals surface area contributed by atoms with Crippen LogP contribution in [0.25, 0.3) is 0 Å². The van der Waals surface area contributed by atoms with Crippen molar-refractivity contribution in [1.29, 1.82) is 0 Å². The van der Waals surface area contributed by atoms with Crippen LogP contribution in [0.1, 0.15) is 44.1 Å². The number of nitrogens with zero attached hydrogens (tertiary/aromatic N) is 1. The molecule has 2 rings (SSSR count). The van der Waals surface area contributed by atoms with Crippen LogP contribution in [0.15, 0.2) is 30.3 Å². The minimum atomic E-state index is -1.87. The Morgan fingerprint density at radius 2 is 1.87 bits per heavy atom. The summed E-state index contributed by atoms with van der Waals surface area (Å²) in [6.45, 7) is 1.04. The first-order valence-electron chi connectivity index (χ1n) is 10.6. The van der Waals surface area contributed by atoms with E-state index in [0.717, 1.165) is 18.5 Å². The summed E-state index contributed by atoms with van der Waals surface area (Å²) >= 11 is 0. The van der Waals surface area contributed by atoms with Gasteiger partial charge >= 0.3 is 11.9 Å². The molecule has 3 atom stereocenters. The van der Waals surface area contributed by atoms with Crippen molar-refractivity contribution >= 4 is 17.7 Å². The third-order valence-corrected chi connectivity index (χ3v) is 5.93. The fourth-order valence-electron chi connectivity index (χ4n) is 4.33. The Balaban J connectivity index is 2.20. The molecule has 0 amide bonds. The molecule has 1 aliphatic heterocycles. The molecule has 0 saturated carbocycles. The van der Waals surface area contributed by atoms with E-state index < -0.39 is 35.3 Å². The smallest absolute Gasteiger partial charge is 0.332 e. The summed E-state index contributed by atoms with van der Waals surface area (Å²) in [6, 6.07) is 7.44. The number of hydrogen-bond donors (Lipinski definition) is 4. The van der Waals surface area contributed by atoms with Crippen LogP contribution in [0.3, 0.4) is 0 Å². The van der Waals surface area contributed by atoms with Gasteiger partial charge in [-0.15, -0.1) is 0 Å². The van der Waals surface area contributed by atoms with Gasteiger partial charge in [0, 0.05) is 6.54 Å². The van der Waals surface area contributed by atoms with E-state index in [1.807, 2.05) is 37.4 Å². The lowest BCUT2D eigenvalue weighted by molar-refractivity contribution is -0.161. The number of Topliss-reactive ketones (excluding diaryl/α,β-unsaturated/α-hetero) is 1. The second-order valence-corrected chi connectivity index (χ2v) is 7.91. The Hall–Kier alpha value is -2.29. The van der Waals surface area contributed by atoms with E-state index in [2.05, 4.69) is 5.32 Å². The summed E-state index contributed by atoms with van der Waals surface area (Å²) in [6.07, 6.45) is 3.13. The lowest BCUT2D eigenvalue weighted by Gasteiger charge is -2.38. The van der Waals surface area contributed by atoms with Gasteiger partial charge in [-0.05, 0) is 57.7 Å². The van der Waals surface area contributed by atoms with E-state index in [9.17, 15) is 24.6 Å². The predicted molar refractivity (Wildman–Crippen MR) is 113 cm³/mol. The van der Waals surface area contributed by atoms with E-state index >= 15 is 0 Å². The fourth-order valence-corrected chi connectivity index (χ4v) is 4.33. The van der Waals surface area contributed by atoms with E-state index in [1.165, 1.54) is 4.90 Å². The number of likely N-dealkylation sites (tertiary alicyclic amines) is 1. The second-order valence-electron chi connectivity index (χ2n) is 7.91. The zero-order chi connectivity index (χ0) is 22.1. The van der Waals surface area contributed by atoms with Crippen molar-refractivity contribution in [1.82, 2.24) is 10.2 Å². The van der Waals surface area contributed by atoms with Crippen LogP contribution >= 0.6 is 0 Å². The Labute approximate surface area is 177 Å². The summed E-state index contributed by atoms with van der Waals surface area (Å²) in [5.74, 6) is -3.00. The molecule has 0 spiro atoms. The van der Waals surface area contributed by atoms with Crippen LogP contribution in [0.4, 0.5) is 0 Å². The lowest BCUT2D eigenvalue weighted by Crippen LogP contribution is -2.64. The van der Waals surface area contributed by atoms with Crippen molar-refractivity contribution in [3.63, 3.8) is 0 Å². The number of benzene rings is 1. The Kier molecular flexibility index (Phi) is 8.95. The number of carbonyl (C=O) groups excluding carboxylic acids is 1. The van der Waals surface area contributed by atoms with Gasteiger partial charge in [-0.2, -0.15) is 0 Å². The van der Waals surface area contributed by atoms with Crippen LogP contribution < -0.4 is 11.1 Å². The molecular formula is C22H33N3O5. The molecule has 1 aromatic rings. The predicted octanol–water partition coefficient (Wildman–Crippen LogP) is 1.28. The van der Waals surface area contributed by atoms with E-state index in [4.69, 9.17) is 5.73 Å². The molecule has 0 radical (unpaired) electrons. The van der Waals surface area contributed by atoms with Crippen LogP contribution in [0.2, 0.25) is 0 Å². The number of hydrogen-bond acceptors (Lipinski definition) is 6. The molecule has 1 unspecified atom stereocenters. The number of unbranched alkanes of at least 4 members (excludes halogenated alkanes) is 1. The molecule has 8 heteroatoms. The first kappa shape index (κ1) is 24.0. The Morgan fingerprint density at radius 1 is 1.17 bits per heavy atom. The minimum absolute atomic E-state index is 0.0838. The Bertz CT molecular complexity index is 727. The lowest BCUT2D eigenvalue weighted by atomic mass is 9.84. The molecule has 166 valence electrons. The van der Waals surface area contributed by atoms with Crippen LogP contribution in [0.5, 0.6) is 0 Å². The van der Waals surface area contributed by atoms with Gasteiger partial charge < -0.3 is 21.3 Å². The van der Waals surface area contributed by atoms with Gasteiger partial charge in [-0.3, -0.25) is 14.5 Å². The number of carbonyl (C=O) groups is 3. The molecule has 0 aliphatic carbocycles. The van der Waals surface area contributed by atoms with Crippen LogP contribution in [-0.2, 0) is 20.8 Å². The van der Waals surface area contributed by atoms with Gasteiger partial charge in [0.2, 0.25) is 0 Å². The molecule has 30 heavy (non-hydrogen) atoms. The van der Waals surface area contributed by atoms with Crippen molar-refractivity contribution in [2.75, 3.05) is 20.1 Å². The zero-order valence-corrected chi connectivity index (χ0v) is 17.5. The molecule has 1 fully saturated rings. The third-order valence-electron chi connectivity index (χ3n) is 5.93. The van der Waals surface area contributed by atoms with Crippen molar-refractivity contribution < 1.29 is 24.6 Å². The molecule has 5 N–H and O–H groups in total. The molecule has 1 aliphatic rings. The number of ketones is 1. The van der Waals surface area contributed by atoms with Crippen molar-refractivity contribution in [3.05, 3.63) is 35.9 Å². The second kappa shape index (κ2) is 11.2. The number of nitrogens with one attached hydrogen (secondary N) is 1. The minimum Gasteiger partial charge on any atom is -0.480 e. The molecule has 1 saturated heterocycles.